The maximum absolute atomic E-state index is 11.7. The quantitative estimate of drug-likeness (QED) is 0.597. The van der Waals surface area contributed by atoms with Gasteiger partial charge in [-0.25, -0.2) is 8.78 Å². The molecule has 1 aliphatic rings. The molecule has 4 nitrogen and oxygen atoms in total. The summed E-state index contributed by atoms with van der Waals surface area (Å²) < 4.78 is 33.8. The second-order valence-electron chi connectivity index (χ2n) is 4.92. The Hall–Kier alpha value is -0.300. The van der Waals surface area contributed by atoms with Crippen LogP contribution in [0, 0.1) is 0 Å². The first kappa shape index (κ1) is 16.8. The molecule has 1 aliphatic carbocycles. The molecule has 0 spiro atoms. The van der Waals surface area contributed by atoms with Crippen LogP contribution < -0.4 is 5.32 Å². The van der Waals surface area contributed by atoms with E-state index in [1.54, 1.807) is 0 Å². The van der Waals surface area contributed by atoms with E-state index in [0.717, 1.165) is 12.8 Å². The molecule has 0 bridgehead atoms. The van der Waals surface area contributed by atoms with Crippen LogP contribution in [0.3, 0.4) is 0 Å². The SMILES string of the molecule is OC(CNCCOCC(F)F)COC1CCCCC1. The van der Waals surface area contributed by atoms with E-state index < -0.39 is 19.1 Å². The lowest BCUT2D eigenvalue weighted by atomic mass is 9.98. The third-order valence-electron chi connectivity index (χ3n) is 3.12. The van der Waals surface area contributed by atoms with Crippen molar-refractivity contribution < 1.29 is 23.4 Å². The summed E-state index contributed by atoms with van der Waals surface area (Å²) in [5.41, 5.74) is 0. The maximum Gasteiger partial charge on any atom is 0.261 e. The third kappa shape index (κ3) is 9.27. The van der Waals surface area contributed by atoms with Crippen LogP contribution >= 0.6 is 0 Å². The van der Waals surface area contributed by atoms with Gasteiger partial charge < -0.3 is 19.9 Å². The molecule has 0 aromatic carbocycles. The van der Waals surface area contributed by atoms with Crippen molar-refractivity contribution in [3.63, 3.8) is 0 Å². The first-order chi connectivity index (χ1) is 9.18. The molecule has 1 fully saturated rings. The summed E-state index contributed by atoms with van der Waals surface area (Å²) in [4.78, 5) is 0. The highest BCUT2D eigenvalue weighted by Gasteiger charge is 2.15. The number of hydrogen-bond acceptors (Lipinski definition) is 4. The molecule has 0 saturated heterocycles. The Morgan fingerprint density at radius 1 is 1.16 bits per heavy atom. The van der Waals surface area contributed by atoms with Crippen molar-refractivity contribution in [3.8, 4) is 0 Å². The van der Waals surface area contributed by atoms with Gasteiger partial charge in [0.2, 0.25) is 0 Å². The highest BCUT2D eigenvalue weighted by atomic mass is 19.3. The van der Waals surface area contributed by atoms with Crippen molar-refractivity contribution in [1.82, 2.24) is 5.32 Å². The molecule has 2 N–H and O–H groups in total. The van der Waals surface area contributed by atoms with E-state index in [-0.39, 0.29) is 12.7 Å². The number of hydrogen-bond donors (Lipinski definition) is 2. The second kappa shape index (κ2) is 10.5. The van der Waals surface area contributed by atoms with E-state index >= 15 is 0 Å². The largest absolute Gasteiger partial charge is 0.389 e. The highest BCUT2D eigenvalue weighted by Crippen LogP contribution is 2.20. The molecular formula is C13H25F2NO3. The van der Waals surface area contributed by atoms with Crippen LogP contribution in [-0.2, 0) is 9.47 Å². The fraction of sp³-hybridized carbons (Fsp3) is 1.00. The minimum absolute atomic E-state index is 0.223. The Morgan fingerprint density at radius 2 is 1.89 bits per heavy atom. The Morgan fingerprint density at radius 3 is 2.58 bits per heavy atom. The molecule has 1 rings (SSSR count). The molecule has 0 aliphatic heterocycles. The predicted molar refractivity (Wildman–Crippen MR) is 68.5 cm³/mol. The van der Waals surface area contributed by atoms with Gasteiger partial charge in [0.15, 0.2) is 0 Å². The number of halogens is 2. The fourth-order valence-corrected chi connectivity index (χ4v) is 2.12. The number of alkyl halides is 2. The van der Waals surface area contributed by atoms with Gasteiger partial charge in [-0.05, 0) is 12.8 Å². The fourth-order valence-electron chi connectivity index (χ4n) is 2.12. The summed E-state index contributed by atoms with van der Waals surface area (Å²) in [5, 5.41) is 12.6. The molecular weight excluding hydrogens is 256 g/mol. The number of aliphatic hydroxyl groups is 1. The van der Waals surface area contributed by atoms with Gasteiger partial charge in [-0.3, -0.25) is 0 Å². The van der Waals surface area contributed by atoms with Crippen LogP contribution in [0.5, 0.6) is 0 Å². The van der Waals surface area contributed by atoms with Gasteiger partial charge in [0.25, 0.3) is 6.43 Å². The van der Waals surface area contributed by atoms with Gasteiger partial charge in [0.05, 0.1) is 25.4 Å². The summed E-state index contributed by atoms with van der Waals surface area (Å²) in [6, 6.07) is 0. The molecule has 0 heterocycles. The van der Waals surface area contributed by atoms with Gasteiger partial charge in [0, 0.05) is 13.1 Å². The van der Waals surface area contributed by atoms with Crippen molar-refractivity contribution in [1.29, 1.82) is 0 Å². The van der Waals surface area contributed by atoms with Crippen molar-refractivity contribution in [3.05, 3.63) is 0 Å². The summed E-state index contributed by atoms with van der Waals surface area (Å²) >= 11 is 0. The molecule has 19 heavy (non-hydrogen) atoms. The van der Waals surface area contributed by atoms with E-state index in [9.17, 15) is 13.9 Å². The van der Waals surface area contributed by atoms with Crippen LogP contribution in [0.15, 0.2) is 0 Å². The molecule has 1 unspecified atom stereocenters. The number of nitrogens with one attached hydrogen (secondary N) is 1. The number of aliphatic hydroxyl groups excluding tert-OH is 1. The van der Waals surface area contributed by atoms with Crippen molar-refractivity contribution in [2.24, 2.45) is 0 Å². The predicted octanol–water partition coefficient (Wildman–Crippen LogP) is 1.57. The van der Waals surface area contributed by atoms with Crippen LogP contribution in [0.4, 0.5) is 8.78 Å². The summed E-state index contributed by atoms with van der Waals surface area (Å²) in [6.07, 6.45) is 3.18. The Bertz CT molecular complexity index is 214. The van der Waals surface area contributed by atoms with Gasteiger partial charge in [0.1, 0.15) is 6.61 Å². The summed E-state index contributed by atoms with van der Waals surface area (Å²) in [7, 11) is 0. The zero-order valence-electron chi connectivity index (χ0n) is 11.3. The van der Waals surface area contributed by atoms with Gasteiger partial charge in [-0.2, -0.15) is 0 Å². The zero-order valence-corrected chi connectivity index (χ0v) is 11.3. The van der Waals surface area contributed by atoms with Crippen molar-refractivity contribution in [2.45, 2.75) is 50.7 Å². The van der Waals surface area contributed by atoms with E-state index in [2.05, 4.69) is 5.32 Å². The first-order valence-electron chi connectivity index (χ1n) is 7.04. The standard InChI is InChI=1S/C13H25F2NO3/c14-13(15)10-18-7-6-16-8-11(17)9-19-12-4-2-1-3-5-12/h11-13,16-17H,1-10H2. The summed E-state index contributed by atoms with van der Waals surface area (Å²) in [6.45, 7) is 0.864. The maximum atomic E-state index is 11.7. The lowest BCUT2D eigenvalue weighted by molar-refractivity contribution is -0.0239. The topological polar surface area (TPSA) is 50.7 Å². The average Bonchev–Trinajstić information content (AvgIpc) is 2.41. The molecule has 0 radical (unpaired) electrons. The van der Waals surface area contributed by atoms with Crippen LogP contribution in [0.2, 0.25) is 0 Å². The Balaban J connectivity index is 1.88. The van der Waals surface area contributed by atoms with E-state index in [1.165, 1.54) is 19.3 Å². The molecule has 0 amide bonds. The molecule has 0 aromatic rings. The minimum Gasteiger partial charge on any atom is -0.389 e. The molecule has 1 atom stereocenters. The normalized spacial score (nSPS) is 18.9. The Kier molecular flexibility index (Phi) is 9.24. The third-order valence-corrected chi connectivity index (χ3v) is 3.12. The average molecular weight is 281 g/mol. The minimum atomic E-state index is -2.42. The second-order valence-corrected chi connectivity index (χ2v) is 4.92. The van der Waals surface area contributed by atoms with E-state index in [0.29, 0.717) is 19.7 Å². The smallest absolute Gasteiger partial charge is 0.261 e. The number of rotatable bonds is 10. The summed E-state index contributed by atoms with van der Waals surface area (Å²) in [5.74, 6) is 0. The van der Waals surface area contributed by atoms with Gasteiger partial charge in [-0.1, -0.05) is 19.3 Å². The first-order valence-corrected chi connectivity index (χ1v) is 7.04. The molecule has 114 valence electrons. The number of ether oxygens (including phenoxy) is 2. The molecule has 0 aromatic heterocycles. The molecule has 1 saturated carbocycles. The Labute approximate surface area is 113 Å². The lowest BCUT2D eigenvalue weighted by Crippen LogP contribution is -2.34. The van der Waals surface area contributed by atoms with Gasteiger partial charge in [-0.15, -0.1) is 0 Å². The van der Waals surface area contributed by atoms with Gasteiger partial charge >= 0.3 is 0 Å². The van der Waals surface area contributed by atoms with Crippen LogP contribution in [-0.4, -0.2) is 56.7 Å². The lowest BCUT2D eigenvalue weighted by Gasteiger charge is -2.23. The van der Waals surface area contributed by atoms with Crippen LogP contribution in [0.25, 0.3) is 0 Å². The van der Waals surface area contributed by atoms with Crippen LogP contribution in [0.1, 0.15) is 32.1 Å². The van der Waals surface area contributed by atoms with E-state index in [4.69, 9.17) is 9.47 Å². The zero-order chi connectivity index (χ0) is 13.9. The molecule has 6 heteroatoms. The van der Waals surface area contributed by atoms with Crippen molar-refractivity contribution in [2.75, 3.05) is 32.9 Å². The highest BCUT2D eigenvalue weighted by molar-refractivity contribution is 4.67. The van der Waals surface area contributed by atoms with Crippen molar-refractivity contribution >= 4 is 0 Å². The monoisotopic (exact) mass is 281 g/mol. The van der Waals surface area contributed by atoms with E-state index in [1.807, 2.05) is 0 Å².